The highest BCUT2D eigenvalue weighted by atomic mass is 32.2. The molecule has 3 nitrogen and oxygen atoms in total. The average Bonchev–Trinajstić information content (AvgIpc) is 2.05. The molecule has 1 aromatic rings. The molecule has 1 aliphatic rings. The third-order valence-corrected chi connectivity index (χ3v) is 4.90. The molecule has 1 aliphatic heterocycles. The molecule has 1 saturated heterocycles. The van der Waals surface area contributed by atoms with Crippen molar-refractivity contribution in [2.45, 2.75) is 24.0 Å². The van der Waals surface area contributed by atoms with Gasteiger partial charge in [-0.05, 0) is 31.0 Å². The molecule has 0 bridgehead atoms. The van der Waals surface area contributed by atoms with Crippen molar-refractivity contribution in [1.82, 2.24) is 0 Å². The summed E-state index contributed by atoms with van der Waals surface area (Å²) in [6.07, 6.45) is 0. The summed E-state index contributed by atoms with van der Waals surface area (Å²) in [7, 11) is -3.18. The number of aryl methyl sites for hydroxylation is 2. The van der Waals surface area contributed by atoms with Crippen LogP contribution in [0.4, 0.5) is 0 Å². The van der Waals surface area contributed by atoms with Crippen LogP contribution in [0.15, 0.2) is 23.1 Å². The van der Waals surface area contributed by atoms with Crippen molar-refractivity contribution < 1.29 is 13.2 Å². The van der Waals surface area contributed by atoms with Crippen LogP contribution in [-0.4, -0.2) is 26.9 Å². The molecule has 1 fully saturated rings. The van der Waals surface area contributed by atoms with E-state index in [4.69, 9.17) is 4.74 Å². The second kappa shape index (κ2) is 3.61. The van der Waals surface area contributed by atoms with E-state index in [-0.39, 0.29) is 5.25 Å². The van der Waals surface area contributed by atoms with Gasteiger partial charge in [-0.15, -0.1) is 0 Å². The predicted molar refractivity (Wildman–Crippen MR) is 57.7 cm³/mol. The fourth-order valence-electron chi connectivity index (χ4n) is 1.59. The topological polar surface area (TPSA) is 43.4 Å². The van der Waals surface area contributed by atoms with Crippen LogP contribution in [0, 0.1) is 13.8 Å². The molecular formula is C11H14O3S. The fourth-order valence-corrected chi connectivity index (χ4v) is 3.36. The number of ether oxygens (including phenoxy) is 1. The molecule has 0 atom stereocenters. The molecule has 0 amide bonds. The highest BCUT2D eigenvalue weighted by molar-refractivity contribution is 7.92. The van der Waals surface area contributed by atoms with E-state index in [1.165, 1.54) is 0 Å². The van der Waals surface area contributed by atoms with E-state index < -0.39 is 9.84 Å². The Labute approximate surface area is 90.0 Å². The first-order chi connectivity index (χ1) is 7.01. The third-order valence-electron chi connectivity index (χ3n) is 2.70. The minimum Gasteiger partial charge on any atom is -0.379 e. The molecule has 0 saturated carbocycles. The highest BCUT2D eigenvalue weighted by Crippen LogP contribution is 2.25. The standard InChI is InChI=1S/C11H14O3S/c1-8-3-4-9(2)11(5-8)15(12,13)10-6-14-7-10/h3-5,10H,6-7H2,1-2H3. The highest BCUT2D eigenvalue weighted by Gasteiger charge is 2.34. The first-order valence-corrected chi connectivity index (χ1v) is 6.45. The molecule has 0 aliphatic carbocycles. The summed E-state index contributed by atoms with van der Waals surface area (Å²) in [6, 6.07) is 5.51. The lowest BCUT2D eigenvalue weighted by molar-refractivity contribution is 0.0416. The van der Waals surface area contributed by atoms with E-state index >= 15 is 0 Å². The maximum absolute atomic E-state index is 12.1. The van der Waals surface area contributed by atoms with Gasteiger partial charge >= 0.3 is 0 Å². The lowest BCUT2D eigenvalue weighted by Gasteiger charge is -2.26. The molecular weight excluding hydrogens is 212 g/mol. The van der Waals surface area contributed by atoms with Crippen molar-refractivity contribution in [3.8, 4) is 0 Å². The van der Waals surface area contributed by atoms with Gasteiger partial charge in [-0.3, -0.25) is 0 Å². The van der Waals surface area contributed by atoms with E-state index in [2.05, 4.69) is 0 Å². The van der Waals surface area contributed by atoms with Crippen LogP contribution in [0.25, 0.3) is 0 Å². The van der Waals surface area contributed by atoms with Gasteiger partial charge in [-0.25, -0.2) is 8.42 Å². The molecule has 0 spiro atoms. The summed E-state index contributed by atoms with van der Waals surface area (Å²) in [6.45, 7) is 4.38. The van der Waals surface area contributed by atoms with Gasteiger partial charge in [0.25, 0.3) is 0 Å². The van der Waals surface area contributed by atoms with E-state index in [1.54, 1.807) is 6.07 Å². The summed E-state index contributed by atoms with van der Waals surface area (Å²) in [5.41, 5.74) is 1.78. The third kappa shape index (κ3) is 1.79. The number of benzene rings is 1. The van der Waals surface area contributed by atoms with Crippen molar-refractivity contribution in [2.75, 3.05) is 13.2 Å². The molecule has 2 rings (SSSR count). The largest absolute Gasteiger partial charge is 0.379 e. The van der Waals surface area contributed by atoms with Gasteiger partial charge < -0.3 is 4.74 Å². The summed E-state index contributed by atoms with van der Waals surface area (Å²) >= 11 is 0. The maximum Gasteiger partial charge on any atom is 0.186 e. The van der Waals surface area contributed by atoms with Crippen molar-refractivity contribution in [1.29, 1.82) is 0 Å². The Morgan fingerprint density at radius 3 is 2.47 bits per heavy atom. The number of sulfone groups is 1. The molecule has 0 aromatic heterocycles. The number of hydrogen-bond donors (Lipinski definition) is 0. The second-order valence-corrected chi connectivity index (χ2v) is 6.17. The lowest BCUT2D eigenvalue weighted by Crippen LogP contribution is -2.40. The van der Waals surface area contributed by atoms with Gasteiger partial charge in [0.2, 0.25) is 0 Å². The minimum atomic E-state index is -3.18. The van der Waals surface area contributed by atoms with Crippen LogP contribution in [0.2, 0.25) is 0 Å². The zero-order chi connectivity index (χ0) is 11.1. The van der Waals surface area contributed by atoms with E-state index in [1.807, 2.05) is 26.0 Å². The number of hydrogen-bond acceptors (Lipinski definition) is 3. The van der Waals surface area contributed by atoms with Crippen molar-refractivity contribution in [3.63, 3.8) is 0 Å². The molecule has 15 heavy (non-hydrogen) atoms. The normalized spacial score (nSPS) is 17.5. The zero-order valence-corrected chi connectivity index (χ0v) is 9.67. The van der Waals surface area contributed by atoms with E-state index in [0.29, 0.717) is 18.1 Å². The molecule has 1 aromatic carbocycles. The Balaban J connectivity index is 2.48. The van der Waals surface area contributed by atoms with E-state index in [9.17, 15) is 8.42 Å². The quantitative estimate of drug-likeness (QED) is 0.767. The first-order valence-electron chi connectivity index (χ1n) is 4.91. The van der Waals surface area contributed by atoms with Crippen LogP contribution in [0.5, 0.6) is 0 Å². The monoisotopic (exact) mass is 226 g/mol. The Hall–Kier alpha value is -0.870. The van der Waals surface area contributed by atoms with Gasteiger partial charge in [0.1, 0.15) is 5.25 Å². The zero-order valence-electron chi connectivity index (χ0n) is 8.86. The molecule has 1 heterocycles. The average molecular weight is 226 g/mol. The summed E-state index contributed by atoms with van der Waals surface area (Å²) in [5, 5.41) is -0.349. The molecule has 0 unspecified atom stereocenters. The van der Waals surface area contributed by atoms with Crippen LogP contribution in [0.3, 0.4) is 0 Å². The van der Waals surface area contributed by atoms with Crippen molar-refractivity contribution in [2.24, 2.45) is 0 Å². The lowest BCUT2D eigenvalue weighted by atomic mass is 10.2. The fraction of sp³-hybridized carbons (Fsp3) is 0.455. The van der Waals surface area contributed by atoms with Gasteiger partial charge in [0.05, 0.1) is 18.1 Å². The Bertz CT molecular complexity index is 473. The summed E-state index contributed by atoms with van der Waals surface area (Å²) in [5.74, 6) is 0. The predicted octanol–water partition coefficient (Wildman–Crippen LogP) is 1.48. The van der Waals surface area contributed by atoms with Gasteiger partial charge in [0.15, 0.2) is 9.84 Å². The van der Waals surface area contributed by atoms with Crippen LogP contribution in [-0.2, 0) is 14.6 Å². The molecule has 82 valence electrons. The summed E-state index contributed by atoms with van der Waals surface area (Å²) < 4.78 is 29.1. The SMILES string of the molecule is Cc1ccc(C)c(S(=O)(=O)C2COC2)c1. The Morgan fingerprint density at radius 1 is 1.27 bits per heavy atom. The van der Waals surface area contributed by atoms with E-state index in [0.717, 1.165) is 11.1 Å². The first kappa shape index (κ1) is 10.6. The van der Waals surface area contributed by atoms with Crippen molar-refractivity contribution in [3.05, 3.63) is 29.3 Å². The smallest absolute Gasteiger partial charge is 0.186 e. The summed E-state index contributed by atoms with van der Waals surface area (Å²) in [4.78, 5) is 0.454. The van der Waals surface area contributed by atoms with Crippen molar-refractivity contribution >= 4 is 9.84 Å². The van der Waals surface area contributed by atoms with Gasteiger partial charge in [-0.2, -0.15) is 0 Å². The van der Waals surface area contributed by atoms with Gasteiger partial charge in [0, 0.05) is 0 Å². The Kier molecular flexibility index (Phi) is 2.56. The van der Waals surface area contributed by atoms with Crippen LogP contribution < -0.4 is 0 Å². The van der Waals surface area contributed by atoms with Crippen LogP contribution in [0.1, 0.15) is 11.1 Å². The molecule has 4 heteroatoms. The number of rotatable bonds is 2. The molecule has 0 radical (unpaired) electrons. The van der Waals surface area contributed by atoms with Gasteiger partial charge in [-0.1, -0.05) is 12.1 Å². The minimum absolute atomic E-state index is 0.329. The second-order valence-electron chi connectivity index (χ2n) is 3.97. The Morgan fingerprint density at radius 2 is 1.93 bits per heavy atom. The molecule has 0 N–H and O–H groups in total. The van der Waals surface area contributed by atoms with Crippen LogP contribution >= 0.6 is 0 Å². The maximum atomic E-state index is 12.1.